The van der Waals surface area contributed by atoms with Gasteiger partial charge in [-0.15, -0.1) is 0 Å². The summed E-state index contributed by atoms with van der Waals surface area (Å²) in [6.45, 7) is 3.99. The zero-order valence-electron chi connectivity index (χ0n) is 20.1. The number of hydrogen-bond donors (Lipinski definition) is 1. The van der Waals surface area contributed by atoms with Crippen molar-refractivity contribution in [2.75, 3.05) is 25.5 Å². The summed E-state index contributed by atoms with van der Waals surface area (Å²) in [6, 6.07) is 15.6. The number of carbonyl (C=O) groups is 2. The number of benzene rings is 2. The van der Waals surface area contributed by atoms with Gasteiger partial charge in [0.25, 0.3) is 5.91 Å². The van der Waals surface area contributed by atoms with E-state index in [1.165, 1.54) is 0 Å². The highest BCUT2D eigenvalue weighted by atomic mass is 16.5. The number of nitrogens with one attached hydrogen (secondary N) is 1. The molecular weight excluding hydrogens is 444 g/mol. The van der Waals surface area contributed by atoms with Gasteiger partial charge in [0.15, 0.2) is 5.69 Å². The fourth-order valence-electron chi connectivity index (χ4n) is 4.79. The second-order valence-electron chi connectivity index (χ2n) is 9.19. The molecule has 0 unspecified atom stereocenters. The molecule has 8 heteroatoms. The van der Waals surface area contributed by atoms with E-state index in [4.69, 9.17) is 9.47 Å². The largest absolute Gasteiger partial charge is 0.497 e. The third-order valence-electron chi connectivity index (χ3n) is 6.86. The van der Waals surface area contributed by atoms with Gasteiger partial charge < -0.3 is 24.3 Å². The molecule has 1 fully saturated rings. The first-order chi connectivity index (χ1) is 17.0. The van der Waals surface area contributed by atoms with E-state index in [1.807, 2.05) is 60.0 Å². The van der Waals surface area contributed by atoms with Crippen LogP contribution in [-0.4, -0.2) is 46.5 Å². The summed E-state index contributed by atoms with van der Waals surface area (Å²) >= 11 is 0. The Balaban J connectivity index is 1.18. The van der Waals surface area contributed by atoms with Crippen LogP contribution in [0.25, 0.3) is 0 Å². The molecule has 2 aromatic carbocycles. The van der Waals surface area contributed by atoms with Gasteiger partial charge in [0, 0.05) is 24.7 Å². The highest BCUT2D eigenvalue weighted by molar-refractivity contribution is 5.95. The van der Waals surface area contributed by atoms with Crippen molar-refractivity contribution >= 4 is 17.5 Å². The first-order valence-corrected chi connectivity index (χ1v) is 12.0. The predicted molar refractivity (Wildman–Crippen MR) is 131 cm³/mol. The molecule has 2 aliphatic rings. The smallest absolute Gasteiger partial charge is 0.274 e. The third-order valence-corrected chi connectivity index (χ3v) is 6.86. The molecule has 2 amide bonds. The van der Waals surface area contributed by atoms with Crippen molar-refractivity contribution in [2.45, 2.75) is 39.0 Å². The molecule has 0 radical (unpaired) electrons. The van der Waals surface area contributed by atoms with Crippen LogP contribution in [0.1, 0.15) is 46.3 Å². The number of aromatic nitrogens is 2. The Bertz CT molecular complexity index is 1210. The van der Waals surface area contributed by atoms with Crippen molar-refractivity contribution in [3.63, 3.8) is 0 Å². The number of piperidine rings is 1. The molecule has 0 bridgehead atoms. The van der Waals surface area contributed by atoms with E-state index in [2.05, 4.69) is 10.3 Å². The molecule has 1 saturated heterocycles. The van der Waals surface area contributed by atoms with Crippen molar-refractivity contribution in [3.8, 4) is 5.75 Å². The summed E-state index contributed by atoms with van der Waals surface area (Å²) in [5.74, 6) is 0.615. The van der Waals surface area contributed by atoms with Crippen LogP contribution < -0.4 is 10.1 Å². The first-order valence-electron chi connectivity index (χ1n) is 12.0. The Labute approximate surface area is 204 Å². The van der Waals surface area contributed by atoms with Gasteiger partial charge in [0.2, 0.25) is 5.91 Å². The molecule has 35 heavy (non-hydrogen) atoms. The average Bonchev–Trinajstić information content (AvgIpc) is 3.32. The number of rotatable bonds is 5. The van der Waals surface area contributed by atoms with Gasteiger partial charge in [0.05, 0.1) is 32.3 Å². The van der Waals surface area contributed by atoms with E-state index < -0.39 is 0 Å². The number of ether oxygens (including phenoxy) is 2. The van der Waals surface area contributed by atoms with Gasteiger partial charge in [-0.25, -0.2) is 4.98 Å². The van der Waals surface area contributed by atoms with Gasteiger partial charge in [-0.2, -0.15) is 0 Å². The number of aryl methyl sites for hydroxylation is 1. The van der Waals surface area contributed by atoms with E-state index in [9.17, 15) is 9.59 Å². The third kappa shape index (κ3) is 4.93. The maximum Gasteiger partial charge on any atom is 0.274 e. The minimum atomic E-state index is -0.107. The second-order valence-corrected chi connectivity index (χ2v) is 9.19. The predicted octanol–water partition coefficient (Wildman–Crippen LogP) is 3.96. The maximum absolute atomic E-state index is 13.2. The lowest BCUT2D eigenvalue weighted by molar-refractivity contribution is -0.121. The highest BCUT2D eigenvalue weighted by Crippen LogP contribution is 2.30. The van der Waals surface area contributed by atoms with Gasteiger partial charge >= 0.3 is 0 Å². The first kappa shape index (κ1) is 23.1. The van der Waals surface area contributed by atoms with Crippen LogP contribution in [-0.2, 0) is 22.7 Å². The molecule has 1 atom stereocenters. The fourth-order valence-corrected chi connectivity index (χ4v) is 4.79. The SMILES string of the molecule is COc1ccc([C@H]2Cn3cnc(C(=O)N4CCC(C(=O)Nc5cccc(C)c5)CC4)c3CO2)cc1. The number of imidazole rings is 1. The van der Waals surface area contributed by atoms with E-state index in [-0.39, 0.29) is 23.8 Å². The van der Waals surface area contributed by atoms with Gasteiger partial charge in [-0.3, -0.25) is 9.59 Å². The van der Waals surface area contributed by atoms with E-state index in [1.54, 1.807) is 18.3 Å². The van der Waals surface area contributed by atoms with Gasteiger partial charge in [-0.05, 0) is 55.2 Å². The monoisotopic (exact) mass is 474 g/mol. The highest BCUT2D eigenvalue weighted by Gasteiger charge is 2.32. The van der Waals surface area contributed by atoms with E-state index >= 15 is 0 Å². The van der Waals surface area contributed by atoms with E-state index in [0.717, 1.165) is 28.3 Å². The van der Waals surface area contributed by atoms with Crippen LogP contribution >= 0.6 is 0 Å². The summed E-state index contributed by atoms with van der Waals surface area (Å²) in [7, 11) is 1.64. The number of amides is 2. The normalized spacial score (nSPS) is 18.1. The molecule has 0 saturated carbocycles. The molecule has 8 nitrogen and oxygen atoms in total. The molecule has 1 aromatic heterocycles. The number of nitrogens with zero attached hydrogens (tertiary/aromatic N) is 3. The van der Waals surface area contributed by atoms with Crippen LogP contribution in [0.2, 0.25) is 0 Å². The Kier molecular flexibility index (Phi) is 6.55. The van der Waals surface area contributed by atoms with Crippen molar-refractivity contribution in [3.05, 3.63) is 77.4 Å². The molecule has 0 aliphatic carbocycles. The Morgan fingerprint density at radius 3 is 2.60 bits per heavy atom. The Morgan fingerprint density at radius 2 is 1.89 bits per heavy atom. The fraction of sp³-hybridized carbons (Fsp3) is 0.370. The Hall–Kier alpha value is -3.65. The number of methoxy groups -OCH3 is 1. The molecule has 3 aromatic rings. The lowest BCUT2D eigenvalue weighted by Crippen LogP contribution is -2.42. The number of hydrogen-bond acceptors (Lipinski definition) is 5. The summed E-state index contributed by atoms with van der Waals surface area (Å²) in [6.07, 6.45) is 2.89. The van der Waals surface area contributed by atoms with E-state index in [0.29, 0.717) is 44.8 Å². The molecule has 182 valence electrons. The summed E-state index contributed by atoms with van der Waals surface area (Å²) in [4.78, 5) is 32.2. The average molecular weight is 475 g/mol. The summed E-state index contributed by atoms with van der Waals surface area (Å²) in [5, 5.41) is 3.01. The quantitative estimate of drug-likeness (QED) is 0.605. The Morgan fingerprint density at radius 1 is 1.11 bits per heavy atom. The second kappa shape index (κ2) is 9.92. The van der Waals surface area contributed by atoms with Crippen molar-refractivity contribution in [2.24, 2.45) is 5.92 Å². The number of carbonyl (C=O) groups excluding carboxylic acids is 2. The van der Waals surface area contributed by atoms with Gasteiger partial charge in [0.1, 0.15) is 11.9 Å². The zero-order valence-corrected chi connectivity index (χ0v) is 20.1. The minimum Gasteiger partial charge on any atom is -0.497 e. The van der Waals surface area contributed by atoms with Crippen molar-refractivity contribution in [1.29, 1.82) is 0 Å². The molecule has 0 spiro atoms. The molecule has 3 heterocycles. The maximum atomic E-state index is 13.2. The molecular formula is C27H30N4O4. The zero-order chi connectivity index (χ0) is 24.4. The summed E-state index contributed by atoms with van der Waals surface area (Å²) < 4.78 is 13.3. The van der Waals surface area contributed by atoms with Crippen molar-refractivity contribution < 1.29 is 19.1 Å². The summed E-state index contributed by atoms with van der Waals surface area (Å²) in [5.41, 5.74) is 4.22. The number of likely N-dealkylation sites (tertiary alicyclic amines) is 1. The molecule has 5 rings (SSSR count). The standard InChI is InChI=1S/C27H30N4O4/c1-18-4-3-5-21(14-18)29-26(32)20-10-12-30(13-11-20)27(33)25-23-16-35-24(15-31(23)17-28-25)19-6-8-22(34-2)9-7-19/h3-9,14,17,20,24H,10-13,15-16H2,1-2H3,(H,29,32)/t24-/m1/s1. The molecule has 1 N–H and O–H groups in total. The topological polar surface area (TPSA) is 85.7 Å². The number of anilines is 1. The van der Waals surface area contributed by atoms with Crippen LogP contribution in [0.5, 0.6) is 5.75 Å². The van der Waals surface area contributed by atoms with Crippen LogP contribution in [0, 0.1) is 12.8 Å². The van der Waals surface area contributed by atoms with Crippen LogP contribution in [0.15, 0.2) is 54.9 Å². The lowest BCUT2D eigenvalue weighted by Gasteiger charge is -2.31. The minimum absolute atomic E-state index is 0.0139. The van der Waals surface area contributed by atoms with Crippen molar-refractivity contribution in [1.82, 2.24) is 14.5 Å². The lowest BCUT2D eigenvalue weighted by atomic mass is 9.95. The van der Waals surface area contributed by atoms with Gasteiger partial charge in [-0.1, -0.05) is 24.3 Å². The molecule has 2 aliphatic heterocycles. The van der Waals surface area contributed by atoms with Crippen LogP contribution in [0.4, 0.5) is 5.69 Å². The number of fused-ring (bicyclic) bond motifs is 1. The van der Waals surface area contributed by atoms with Crippen LogP contribution in [0.3, 0.4) is 0 Å².